The molecule has 1 unspecified atom stereocenters. The molecule has 0 heterocycles. The summed E-state index contributed by atoms with van der Waals surface area (Å²) in [4.78, 5) is 11.7. The highest BCUT2D eigenvalue weighted by Crippen LogP contribution is 2.30. The van der Waals surface area contributed by atoms with Gasteiger partial charge in [-0.05, 0) is 65.2 Å². The van der Waals surface area contributed by atoms with Gasteiger partial charge in [-0.3, -0.25) is 0 Å². The molecule has 21 heavy (non-hydrogen) atoms. The standard InChI is InChI=1S/C16H15BrFNO2/c1-10-4-3-5-12(8-10)19-16(2,15(20)21)11-6-7-14(18)13(17)9-11/h3-9,19H,1-2H3,(H,20,21). The minimum atomic E-state index is -1.36. The van der Waals surface area contributed by atoms with Gasteiger partial charge >= 0.3 is 5.97 Å². The third-order valence-corrected chi connectivity index (χ3v) is 3.94. The highest BCUT2D eigenvalue weighted by Gasteiger charge is 2.35. The van der Waals surface area contributed by atoms with E-state index in [-0.39, 0.29) is 4.47 Å². The van der Waals surface area contributed by atoms with Crippen LogP contribution in [0.15, 0.2) is 46.9 Å². The van der Waals surface area contributed by atoms with Gasteiger partial charge in [0.25, 0.3) is 0 Å². The Morgan fingerprint density at radius 1 is 1.29 bits per heavy atom. The van der Waals surface area contributed by atoms with E-state index in [4.69, 9.17) is 0 Å². The van der Waals surface area contributed by atoms with E-state index in [0.717, 1.165) is 5.56 Å². The number of hydrogen-bond acceptors (Lipinski definition) is 2. The molecule has 2 aromatic carbocycles. The molecule has 2 rings (SSSR count). The minimum absolute atomic E-state index is 0.235. The molecule has 5 heteroatoms. The maximum Gasteiger partial charge on any atom is 0.333 e. The molecule has 0 aliphatic heterocycles. The van der Waals surface area contributed by atoms with E-state index in [9.17, 15) is 14.3 Å². The summed E-state index contributed by atoms with van der Waals surface area (Å²) in [6.45, 7) is 3.48. The van der Waals surface area contributed by atoms with Crippen molar-refractivity contribution in [2.24, 2.45) is 0 Å². The minimum Gasteiger partial charge on any atom is -0.479 e. The van der Waals surface area contributed by atoms with Gasteiger partial charge in [0.1, 0.15) is 5.82 Å². The predicted molar refractivity (Wildman–Crippen MR) is 83.9 cm³/mol. The fourth-order valence-corrected chi connectivity index (χ4v) is 2.45. The van der Waals surface area contributed by atoms with Crippen molar-refractivity contribution in [3.63, 3.8) is 0 Å². The van der Waals surface area contributed by atoms with Crippen LogP contribution >= 0.6 is 15.9 Å². The summed E-state index contributed by atoms with van der Waals surface area (Å²) in [5.74, 6) is -1.47. The molecule has 0 fully saturated rings. The van der Waals surface area contributed by atoms with Crippen LogP contribution in [-0.2, 0) is 10.3 Å². The Morgan fingerprint density at radius 2 is 2.00 bits per heavy atom. The molecule has 0 radical (unpaired) electrons. The van der Waals surface area contributed by atoms with Gasteiger partial charge < -0.3 is 10.4 Å². The number of carboxylic acids is 1. The lowest BCUT2D eigenvalue weighted by Gasteiger charge is -2.28. The molecular formula is C16H15BrFNO2. The molecule has 2 N–H and O–H groups in total. The first-order valence-electron chi connectivity index (χ1n) is 6.37. The van der Waals surface area contributed by atoms with E-state index in [1.807, 2.05) is 25.1 Å². The van der Waals surface area contributed by atoms with Crippen molar-refractivity contribution in [1.29, 1.82) is 0 Å². The normalized spacial score (nSPS) is 13.5. The van der Waals surface area contributed by atoms with E-state index in [1.165, 1.54) is 18.2 Å². The van der Waals surface area contributed by atoms with E-state index in [0.29, 0.717) is 11.3 Å². The molecule has 0 spiro atoms. The molecule has 2 aromatic rings. The Bertz CT molecular complexity index is 690. The van der Waals surface area contributed by atoms with E-state index in [2.05, 4.69) is 21.2 Å². The Balaban J connectivity index is 2.45. The molecule has 110 valence electrons. The summed E-state index contributed by atoms with van der Waals surface area (Å²) in [6, 6.07) is 11.6. The molecular weight excluding hydrogens is 337 g/mol. The van der Waals surface area contributed by atoms with Crippen LogP contribution in [0.1, 0.15) is 18.1 Å². The Morgan fingerprint density at radius 3 is 2.57 bits per heavy atom. The van der Waals surface area contributed by atoms with Crippen molar-refractivity contribution < 1.29 is 14.3 Å². The topological polar surface area (TPSA) is 49.3 Å². The SMILES string of the molecule is Cc1cccc(NC(C)(C(=O)O)c2ccc(F)c(Br)c2)c1. The van der Waals surface area contributed by atoms with Crippen LogP contribution in [0.3, 0.4) is 0 Å². The van der Waals surface area contributed by atoms with Gasteiger partial charge in [-0.2, -0.15) is 0 Å². The quantitative estimate of drug-likeness (QED) is 0.862. The first-order valence-corrected chi connectivity index (χ1v) is 7.16. The smallest absolute Gasteiger partial charge is 0.333 e. The second-order valence-electron chi connectivity index (χ2n) is 5.05. The van der Waals surface area contributed by atoms with Gasteiger partial charge in [-0.15, -0.1) is 0 Å². The number of halogens is 2. The number of anilines is 1. The van der Waals surface area contributed by atoms with Gasteiger partial charge in [-0.1, -0.05) is 18.2 Å². The first kappa shape index (κ1) is 15.5. The second-order valence-corrected chi connectivity index (χ2v) is 5.91. The van der Waals surface area contributed by atoms with Crippen LogP contribution < -0.4 is 5.32 Å². The second kappa shape index (κ2) is 5.85. The Labute approximate surface area is 130 Å². The molecule has 1 atom stereocenters. The third-order valence-electron chi connectivity index (χ3n) is 3.34. The molecule has 0 aromatic heterocycles. The monoisotopic (exact) mass is 351 g/mol. The third kappa shape index (κ3) is 3.24. The Hall–Kier alpha value is -1.88. The van der Waals surface area contributed by atoms with Crippen LogP contribution in [0.25, 0.3) is 0 Å². The van der Waals surface area contributed by atoms with Crippen molar-refractivity contribution in [1.82, 2.24) is 0 Å². The summed E-state index contributed by atoms with van der Waals surface area (Å²) in [7, 11) is 0. The number of nitrogens with one attached hydrogen (secondary N) is 1. The van der Waals surface area contributed by atoms with E-state index < -0.39 is 17.3 Å². The van der Waals surface area contributed by atoms with E-state index >= 15 is 0 Å². The lowest BCUT2D eigenvalue weighted by molar-refractivity contribution is -0.142. The highest BCUT2D eigenvalue weighted by atomic mass is 79.9. The summed E-state index contributed by atoms with van der Waals surface area (Å²) in [5.41, 5.74) is 0.822. The molecule has 0 amide bonds. The van der Waals surface area contributed by atoms with Crippen LogP contribution in [-0.4, -0.2) is 11.1 Å². The van der Waals surface area contributed by atoms with Crippen molar-refractivity contribution in [2.45, 2.75) is 19.4 Å². The molecule has 0 bridgehead atoms. The van der Waals surface area contributed by atoms with Gasteiger partial charge in [-0.25, -0.2) is 9.18 Å². The number of benzene rings is 2. The summed E-state index contributed by atoms with van der Waals surface area (Å²) in [6.07, 6.45) is 0. The summed E-state index contributed by atoms with van der Waals surface area (Å²) >= 11 is 3.09. The average Bonchev–Trinajstić information content (AvgIpc) is 2.41. The lowest BCUT2D eigenvalue weighted by atomic mass is 9.91. The fraction of sp³-hybridized carbons (Fsp3) is 0.188. The van der Waals surface area contributed by atoms with Crippen LogP contribution in [0.5, 0.6) is 0 Å². The number of carboxylic acid groups (broad SMARTS) is 1. The number of carbonyl (C=O) groups is 1. The van der Waals surface area contributed by atoms with E-state index in [1.54, 1.807) is 13.0 Å². The summed E-state index contributed by atoms with van der Waals surface area (Å²) in [5, 5.41) is 12.6. The van der Waals surface area contributed by atoms with Crippen molar-refractivity contribution in [3.8, 4) is 0 Å². The molecule has 0 aliphatic rings. The van der Waals surface area contributed by atoms with Crippen LogP contribution in [0.4, 0.5) is 10.1 Å². The summed E-state index contributed by atoms with van der Waals surface area (Å²) < 4.78 is 13.6. The molecule has 0 saturated heterocycles. The molecule has 0 aliphatic carbocycles. The number of hydrogen-bond donors (Lipinski definition) is 2. The number of rotatable bonds is 4. The zero-order valence-corrected chi connectivity index (χ0v) is 13.2. The maximum absolute atomic E-state index is 13.4. The number of aliphatic carboxylic acids is 1. The predicted octanol–water partition coefficient (Wildman–Crippen LogP) is 4.31. The zero-order valence-electron chi connectivity index (χ0n) is 11.7. The average molecular weight is 352 g/mol. The van der Waals surface area contributed by atoms with Gasteiger partial charge in [0.05, 0.1) is 4.47 Å². The molecule has 3 nitrogen and oxygen atoms in total. The largest absolute Gasteiger partial charge is 0.479 e. The van der Waals surface area contributed by atoms with Crippen LogP contribution in [0, 0.1) is 12.7 Å². The van der Waals surface area contributed by atoms with Gasteiger partial charge in [0.15, 0.2) is 5.54 Å². The van der Waals surface area contributed by atoms with Crippen molar-refractivity contribution in [2.75, 3.05) is 5.32 Å². The van der Waals surface area contributed by atoms with Gasteiger partial charge in [0, 0.05) is 5.69 Å². The first-order chi connectivity index (χ1) is 9.83. The maximum atomic E-state index is 13.4. The highest BCUT2D eigenvalue weighted by molar-refractivity contribution is 9.10. The van der Waals surface area contributed by atoms with Crippen LogP contribution in [0.2, 0.25) is 0 Å². The van der Waals surface area contributed by atoms with Crippen molar-refractivity contribution in [3.05, 3.63) is 63.9 Å². The van der Waals surface area contributed by atoms with Crippen molar-refractivity contribution >= 4 is 27.6 Å². The molecule has 0 saturated carbocycles. The Kier molecular flexibility index (Phi) is 4.32. The zero-order chi connectivity index (χ0) is 15.6. The van der Waals surface area contributed by atoms with Gasteiger partial charge in [0.2, 0.25) is 0 Å². The number of aryl methyl sites for hydroxylation is 1. The lowest BCUT2D eigenvalue weighted by Crippen LogP contribution is -2.40. The fourth-order valence-electron chi connectivity index (χ4n) is 2.07.